The molecule has 0 unspecified atom stereocenters. The highest BCUT2D eigenvalue weighted by molar-refractivity contribution is 9.10. The number of carbonyl (C=O) groups excluding carboxylic acids is 2. The summed E-state index contributed by atoms with van der Waals surface area (Å²) in [6.07, 6.45) is 3.91. The lowest BCUT2D eigenvalue weighted by Crippen LogP contribution is -2.52. The van der Waals surface area contributed by atoms with Crippen LogP contribution in [0, 0.1) is 0 Å². The van der Waals surface area contributed by atoms with Crippen molar-refractivity contribution in [2.45, 2.75) is 56.1 Å². The fourth-order valence-corrected chi connectivity index (χ4v) is 6.63. The zero-order valence-corrected chi connectivity index (χ0v) is 25.8. The van der Waals surface area contributed by atoms with Crippen molar-refractivity contribution in [3.8, 4) is 0 Å². The van der Waals surface area contributed by atoms with E-state index in [2.05, 4.69) is 21.2 Å². The molecule has 0 saturated heterocycles. The van der Waals surface area contributed by atoms with E-state index in [9.17, 15) is 18.0 Å². The fourth-order valence-electron chi connectivity index (χ4n) is 4.65. The summed E-state index contributed by atoms with van der Waals surface area (Å²) in [5.74, 6) is -0.813. The van der Waals surface area contributed by atoms with E-state index in [0.29, 0.717) is 0 Å². The number of anilines is 1. The number of benzene rings is 3. The van der Waals surface area contributed by atoms with Crippen molar-refractivity contribution in [1.82, 2.24) is 10.2 Å². The molecule has 0 spiro atoms. The first-order valence-electron chi connectivity index (χ1n) is 12.9. The van der Waals surface area contributed by atoms with E-state index < -0.39 is 28.5 Å². The van der Waals surface area contributed by atoms with E-state index in [-0.39, 0.29) is 39.1 Å². The number of sulfonamides is 1. The van der Waals surface area contributed by atoms with E-state index in [0.717, 1.165) is 40.0 Å². The molecule has 4 rings (SSSR count). The molecule has 1 fully saturated rings. The fraction of sp³-hybridized carbons (Fsp3) is 0.310. The number of nitrogens with one attached hydrogen (secondary N) is 1. The van der Waals surface area contributed by atoms with Crippen molar-refractivity contribution >= 4 is 66.7 Å². The Bertz CT molecular complexity index is 1450. The van der Waals surface area contributed by atoms with Gasteiger partial charge in [-0.05, 0) is 67.8 Å². The smallest absolute Gasteiger partial charge is 0.264 e. The summed E-state index contributed by atoms with van der Waals surface area (Å²) in [5, 5.41) is 3.46. The Labute approximate surface area is 253 Å². The second-order valence-electron chi connectivity index (χ2n) is 9.74. The van der Waals surface area contributed by atoms with Gasteiger partial charge in [0.15, 0.2) is 0 Å². The molecule has 2 amide bonds. The van der Waals surface area contributed by atoms with E-state index in [4.69, 9.17) is 23.2 Å². The number of hydrogen-bond acceptors (Lipinski definition) is 4. The van der Waals surface area contributed by atoms with Gasteiger partial charge in [0.1, 0.15) is 12.6 Å². The van der Waals surface area contributed by atoms with Crippen molar-refractivity contribution in [3.05, 3.63) is 92.9 Å². The number of halogens is 3. The topological polar surface area (TPSA) is 86.8 Å². The number of carbonyl (C=O) groups is 2. The van der Waals surface area contributed by atoms with E-state index in [1.165, 1.54) is 35.2 Å². The third-order valence-electron chi connectivity index (χ3n) is 6.94. The lowest BCUT2D eigenvalue weighted by Gasteiger charge is -2.32. The molecule has 1 N–H and O–H groups in total. The minimum absolute atomic E-state index is 0.0142. The summed E-state index contributed by atoms with van der Waals surface area (Å²) in [6, 6.07) is 18.9. The van der Waals surface area contributed by atoms with Gasteiger partial charge in [-0.3, -0.25) is 13.9 Å². The number of hydrogen-bond donors (Lipinski definition) is 1. The molecule has 1 aliphatic rings. The van der Waals surface area contributed by atoms with Gasteiger partial charge in [-0.2, -0.15) is 0 Å². The Morgan fingerprint density at radius 1 is 0.975 bits per heavy atom. The van der Waals surface area contributed by atoms with Gasteiger partial charge in [-0.1, -0.05) is 82.3 Å². The van der Waals surface area contributed by atoms with Gasteiger partial charge in [0.2, 0.25) is 11.8 Å². The summed E-state index contributed by atoms with van der Waals surface area (Å²) in [4.78, 5) is 28.7. The average molecular weight is 667 g/mol. The number of amides is 2. The summed E-state index contributed by atoms with van der Waals surface area (Å²) in [6.45, 7) is 1.23. The molecule has 11 heteroatoms. The monoisotopic (exact) mass is 665 g/mol. The van der Waals surface area contributed by atoms with Gasteiger partial charge in [0, 0.05) is 17.1 Å². The Kier molecular flexibility index (Phi) is 10.2. The molecule has 0 bridgehead atoms. The first-order valence-corrected chi connectivity index (χ1v) is 15.9. The van der Waals surface area contributed by atoms with Crippen molar-refractivity contribution in [2.75, 3.05) is 10.8 Å². The summed E-state index contributed by atoms with van der Waals surface area (Å²) < 4.78 is 29.5. The maximum absolute atomic E-state index is 14.0. The molecule has 0 aromatic heterocycles. The van der Waals surface area contributed by atoms with Crippen LogP contribution in [-0.2, 0) is 26.2 Å². The predicted molar refractivity (Wildman–Crippen MR) is 162 cm³/mol. The largest absolute Gasteiger partial charge is 0.352 e. The Balaban J connectivity index is 1.69. The normalized spacial score (nSPS) is 14.5. The molecular weight excluding hydrogens is 637 g/mol. The van der Waals surface area contributed by atoms with Gasteiger partial charge in [-0.15, -0.1) is 0 Å². The van der Waals surface area contributed by atoms with Crippen molar-refractivity contribution < 1.29 is 18.0 Å². The van der Waals surface area contributed by atoms with Gasteiger partial charge < -0.3 is 10.2 Å². The van der Waals surface area contributed by atoms with Crippen LogP contribution in [0.5, 0.6) is 0 Å². The second kappa shape index (κ2) is 13.4. The highest BCUT2D eigenvalue weighted by Crippen LogP contribution is 2.31. The first-order chi connectivity index (χ1) is 19.1. The predicted octanol–water partition coefficient (Wildman–Crippen LogP) is 6.43. The summed E-state index contributed by atoms with van der Waals surface area (Å²) in [7, 11) is -4.18. The van der Waals surface area contributed by atoms with Crippen LogP contribution in [0.1, 0.15) is 38.2 Å². The van der Waals surface area contributed by atoms with Crippen LogP contribution in [0.3, 0.4) is 0 Å². The highest BCUT2D eigenvalue weighted by atomic mass is 79.9. The molecule has 1 atom stereocenters. The van der Waals surface area contributed by atoms with Crippen LogP contribution in [0.15, 0.2) is 82.2 Å². The zero-order valence-electron chi connectivity index (χ0n) is 21.9. The highest BCUT2D eigenvalue weighted by Gasteiger charge is 2.33. The Morgan fingerprint density at radius 2 is 1.62 bits per heavy atom. The molecule has 3 aromatic carbocycles. The second-order valence-corrected chi connectivity index (χ2v) is 13.3. The van der Waals surface area contributed by atoms with Crippen LogP contribution in [-0.4, -0.2) is 43.8 Å². The summed E-state index contributed by atoms with van der Waals surface area (Å²) in [5.41, 5.74) is 0.974. The van der Waals surface area contributed by atoms with Gasteiger partial charge in [0.05, 0.1) is 20.6 Å². The molecule has 0 aliphatic heterocycles. The van der Waals surface area contributed by atoms with E-state index in [1.807, 2.05) is 24.3 Å². The summed E-state index contributed by atoms with van der Waals surface area (Å²) >= 11 is 15.8. The van der Waals surface area contributed by atoms with Gasteiger partial charge in [-0.25, -0.2) is 8.42 Å². The first kappa shape index (κ1) is 30.4. The Morgan fingerprint density at radius 3 is 2.25 bits per heavy atom. The zero-order chi connectivity index (χ0) is 28.9. The average Bonchev–Trinajstić information content (AvgIpc) is 3.46. The maximum atomic E-state index is 14.0. The van der Waals surface area contributed by atoms with Gasteiger partial charge in [0.25, 0.3) is 10.0 Å². The van der Waals surface area contributed by atoms with Crippen molar-refractivity contribution in [1.29, 1.82) is 0 Å². The van der Waals surface area contributed by atoms with Crippen LogP contribution in [0.4, 0.5) is 5.69 Å². The molecule has 3 aromatic rings. The van der Waals surface area contributed by atoms with Gasteiger partial charge >= 0.3 is 0 Å². The van der Waals surface area contributed by atoms with Crippen LogP contribution < -0.4 is 9.62 Å². The third-order valence-corrected chi connectivity index (χ3v) is 9.99. The van der Waals surface area contributed by atoms with Crippen LogP contribution in [0.2, 0.25) is 10.0 Å². The quantitative estimate of drug-likeness (QED) is 0.270. The molecular formula is C29H30BrCl2N3O4S. The number of nitrogens with zero attached hydrogens (tertiary/aromatic N) is 2. The third kappa shape index (κ3) is 7.37. The molecule has 0 heterocycles. The number of rotatable bonds is 10. The lowest BCUT2D eigenvalue weighted by molar-refractivity contribution is -0.139. The standard InChI is InChI=1S/C29H30BrCl2N3O4S/c1-20(29(37)33-23-7-5-6-8-23)34(18-21-11-13-22(30)14-12-21)28(36)19-35(24-15-16-26(31)27(32)17-24)40(38,39)25-9-3-2-4-10-25/h2-4,9-17,20,23H,5-8,18-19H2,1H3,(H,33,37)/t20-/m0/s1. The lowest BCUT2D eigenvalue weighted by atomic mass is 10.1. The molecule has 1 aliphatic carbocycles. The minimum atomic E-state index is -4.18. The molecule has 0 radical (unpaired) electrons. The molecule has 7 nitrogen and oxygen atoms in total. The van der Waals surface area contributed by atoms with E-state index >= 15 is 0 Å². The van der Waals surface area contributed by atoms with Crippen molar-refractivity contribution in [3.63, 3.8) is 0 Å². The SMILES string of the molecule is C[C@@H](C(=O)NC1CCCC1)N(Cc1ccc(Br)cc1)C(=O)CN(c1ccc(Cl)c(Cl)c1)S(=O)(=O)c1ccccc1. The maximum Gasteiger partial charge on any atom is 0.264 e. The van der Waals surface area contributed by atoms with Crippen LogP contribution >= 0.6 is 39.1 Å². The molecule has 212 valence electrons. The molecule has 40 heavy (non-hydrogen) atoms. The minimum Gasteiger partial charge on any atom is -0.352 e. The Hall–Kier alpha value is -2.59. The van der Waals surface area contributed by atoms with Crippen LogP contribution in [0.25, 0.3) is 0 Å². The van der Waals surface area contributed by atoms with E-state index in [1.54, 1.807) is 25.1 Å². The molecule has 1 saturated carbocycles. The van der Waals surface area contributed by atoms with Crippen molar-refractivity contribution in [2.24, 2.45) is 0 Å².